The van der Waals surface area contributed by atoms with Gasteiger partial charge in [0, 0.05) is 56.5 Å². The summed E-state index contributed by atoms with van der Waals surface area (Å²) in [5.41, 5.74) is -2.35. The number of halogens is 3. The Morgan fingerprint density at radius 1 is 1.09 bits per heavy atom. The number of hydrogen-bond acceptors (Lipinski definition) is 5. The molecule has 11 heteroatoms. The summed E-state index contributed by atoms with van der Waals surface area (Å²) in [6, 6.07) is 0.935. The van der Waals surface area contributed by atoms with Crippen LogP contribution in [0, 0.1) is 30.3 Å². The molecule has 0 saturated carbocycles. The van der Waals surface area contributed by atoms with Gasteiger partial charge in [-0.3, -0.25) is 14.4 Å². The molecule has 1 aromatic carbocycles. The van der Waals surface area contributed by atoms with Crippen LogP contribution in [0.3, 0.4) is 0 Å². The predicted molar refractivity (Wildman–Crippen MR) is 122 cm³/mol. The van der Waals surface area contributed by atoms with Crippen molar-refractivity contribution in [3.63, 3.8) is 0 Å². The SMILES string of the molecule is C#C.CCC(C)=O.CCN1CCn2cc(C(=O)NCc3c(F)cc(F)cc3F)c(=O)c(O)c2C1=O. The van der Waals surface area contributed by atoms with Gasteiger partial charge < -0.3 is 24.7 Å². The highest BCUT2D eigenvalue weighted by molar-refractivity contribution is 5.99. The van der Waals surface area contributed by atoms with E-state index in [-0.39, 0.29) is 18.0 Å². The Bertz CT molecular complexity index is 1170. The fourth-order valence-electron chi connectivity index (χ4n) is 3.00. The lowest BCUT2D eigenvalue weighted by Crippen LogP contribution is -2.42. The van der Waals surface area contributed by atoms with Crippen molar-refractivity contribution in [3.05, 3.63) is 62.8 Å². The number of aromatic nitrogens is 1. The molecule has 3 rings (SSSR count). The molecule has 2 N–H and O–H groups in total. The van der Waals surface area contributed by atoms with Crippen molar-refractivity contribution < 1.29 is 32.7 Å². The topological polar surface area (TPSA) is 109 Å². The van der Waals surface area contributed by atoms with Gasteiger partial charge in [-0.25, -0.2) is 13.2 Å². The van der Waals surface area contributed by atoms with Crippen molar-refractivity contribution in [2.24, 2.45) is 0 Å². The quantitative estimate of drug-likeness (QED) is 0.623. The molecule has 0 bridgehead atoms. The van der Waals surface area contributed by atoms with E-state index in [2.05, 4.69) is 18.2 Å². The van der Waals surface area contributed by atoms with E-state index >= 15 is 0 Å². The summed E-state index contributed by atoms with van der Waals surface area (Å²) in [4.78, 5) is 48.2. The smallest absolute Gasteiger partial charge is 0.274 e. The van der Waals surface area contributed by atoms with Crippen molar-refractivity contribution in [3.8, 4) is 18.6 Å². The fraction of sp³-hybridized carbons (Fsp3) is 0.333. The number of pyridine rings is 1. The lowest BCUT2D eigenvalue weighted by molar-refractivity contribution is -0.116. The lowest BCUT2D eigenvalue weighted by Gasteiger charge is -2.29. The summed E-state index contributed by atoms with van der Waals surface area (Å²) in [6.45, 7) is 5.52. The van der Waals surface area contributed by atoms with Gasteiger partial charge >= 0.3 is 0 Å². The number of fused-ring (bicyclic) bond motifs is 1. The van der Waals surface area contributed by atoms with Crippen molar-refractivity contribution >= 4 is 17.6 Å². The molecule has 0 saturated heterocycles. The fourth-order valence-corrected chi connectivity index (χ4v) is 3.00. The maximum absolute atomic E-state index is 13.7. The molecule has 1 aliphatic rings. The number of likely N-dealkylation sites (N-methyl/N-ethyl adjacent to an activating group) is 1. The Balaban J connectivity index is 0.000000779. The molecule has 2 aromatic rings. The molecule has 0 atom stereocenters. The summed E-state index contributed by atoms with van der Waals surface area (Å²) >= 11 is 0. The van der Waals surface area contributed by atoms with Crippen LogP contribution >= 0.6 is 0 Å². The van der Waals surface area contributed by atoms with Crippen LogP contribution in [0.2, 0.25) is 0 Å². The third kappa shape index (κ3) is 6.96. The van der Waals surface area contributed by atoms with Gasteiger partial charge in [-0.15, -0.1) is 12.8 Å². The average Bonchev–Trinajstić information content (AvgIpc) is 2.82. The Hall–Kier alpha value is -4.07. The van der Waals surface area contributed by atoms with Crippen LogP contribution < -0.4 is 10.7 Å². The van der Waals surface area contributed by atoms with Crippen LogP contribution in [-0.4, -0.2) is 45.3 Å². The van der Waals surface area contributed by atoms with Crippen molar-refractivity contribution in [2.75, 3.05) is 13.1 Å². The number of hydrogen-bond donors (Lipinski definition) is 2. The number of carbonyl (C=O) groups excluding carboxylic acids is 3. The number of ketones is 1. The van der Waals surface area contributed by atoms with E-state index in [0.29, 0.717) is 31.6 Å². The number of rotatable bonds is 5. The van der Waals surface area contributed by atoms with Crippen LogP contribution in [-0.2, 0) is 17.9 Å². The highest BCUT2D eigenvalue weighted by Crippen LogP contribution is 2.20. The molecule has 2 heterocycles. The zero-order chi connectivity index (χ0) is 26.9. The molecule has 8 nitrogen and oxygen atoms in total. The van der Waals surface area contributed by atoms with Gasteiger partial charge in [0.2, 0.25) is 5.43 Å². The van der Waals surface area contributed by atoms with Crippen LogP contribution in [0.4, 0.5) is 13.2 Å². The molecule has 1 aromatic heterocycles. The van der Waals surface area contributed by atoms with Gasteiger partial charge in [0.1, 0.15) is 28.8 Å². The number of terminal acetylenes is 1. The van der Waals surface area contributed by atoms with Gasteiger partial charge in [0.05, 0.1) is 0 Å². The number of nitrogens with one attached hydrogen (secondary N) is 1. The number of aromatic hydroxyl groups is 1. The van der Waals surface area contributed by atoms with Gasteiger partial charge in [-0.2, -0.15) is 0 Å². The predicted octanol–water partition coefficient (Wildman–Crippen LogP) is 2.61. The number of Topliss-reactive ketones (excluding diaryl/α,β-unsaturated/α-hetero) is 1. The zero-order valence-corrected chi connectivity index (χ0v) is 19.5. The molecule has 0 aliphatic carbocycles. The van der Waals surface area contributed by atoms with E-state index in [9.17, 15) is 37.5 Å². The maximum atomic E-state index is 13.7. The van der Waals surface area contributed by atoms with E-state index in [1.807, 2.05) is 6.92 Å². The number of nitrogens with zero attached hydrogens (tertiary/aromatic N) is 2. The number of amides is 2. The van der Waals surface area contributed by atoms with Crippen molar-refractivity contribution in [2.45, 2.75) is 40.3 Å². The molecular formula is C24H26F3N3O5. The van der Waals surface area contributed by atoms with Gasteiger partial charge in [0.15, 0.2) is 11.4 Å². The minimum atomic E-state index is -1.19. The third-order valence-corrected chi connectivity index (χ3v) is 5.01. The third-order valence-electron chi connectivity index (χ3n) is 5.01. The second-order valence-corrected chi connectivity index (χ2v) is 7.23. The molecule has 35 heavy (non-hydrogen) atoms. The zero-order valence-electron chi connectivity index (χ0n) is 19.5. The molecule has 0 fully saturated rings. The van der Waals surface area contributed by atoms with E-state index in [1.54, 1.807) is 13.8 Å². The van der Waals surface area contributed by atoms with Crippen molar-refractivity contribution in [1.29, 1.82) is 0 Å². The summed E-state index contributed by atoms with van der Waals surface area (Å²) in [5, 5.41) is 12.3. The molecule has 2 amide bonds. The lowest BCUT2D eigenvalue weighted by atomic mass is 10.1. The molecular weight excluding hydrogens is 467 g/mol. The minimum absolute atomic E-state index is 0.217. The highest BCUT2D eigenvalue weighted by Gasteiger charge is 2.30. The van der Waals surface area contributed by atoms with Crippen LogP contribution in [0.5, 0.6) is 5.75 Å². The Labute approximate surface area is 200 Å². The Kier molecular flexibility index (Phi) is 10.7. The van der Waals surface area contributed by atoms with Crippen LogP contribution in [0.1, 0.15) is 53.6 Å². The van der Waals surface area contributed by atoms with E-state index in [1.165, 1.54) is 9.47 Å². The molecule has 0 spiro atoms. The van der Waals surface area contributed by atoms with Crippen molar-refractivity contribution in [1.82, 2.24) is 14.8 Å². The largest absolute Gasteiger partial charge is 0.503 e. The number of carbonyl (C=O) groups is 3. The van der Waals surface area contributed by atoms with Gasteiger partial charge in [-0.05, 0) is 13.8 Å². The summed E-state index contributed by atoms with van der Waals surface area (Å²) < 4.78 is 41.6. The highest BCUT2D eigenvalue weighted by atomic mass is 19.1. The van der Waals surface area contributed by atoms with E-state index < -0.39 is 58.1 Å². The second-order valence-electron chi connectivity index (χ2n) is 7.23. The van der Waals surface area contributed by atoms with Gasteiger partial charge in [-0.1, -0.05) is 6.92 Å². The van der Waals surface area contributed by atoms with E-state index in [4.69, 9.17) is 0 Å². The van der Waals surface area contributed by atoms with Crippen LogP contribution in [0.25, 0.3) is 0 Å². The summed E-state index contributed by atoms with van der Waals surface area (Å²) in [6.07, 6.45) is 9.79. The van der Waals surface area contributed by atoms with Gasteiger partial charge in [0.25, 0.3) is 11.8 Å². The molecule has 0 unspecified atom stereocenters. The second kappa shape index (κ2) is 13.0. The first-order valence-corrected chi connectivity index (χ1v) is 10.5. The minimum Gasteiger partial charge on any atom is -0.503 e. The normalized spacial score (nSPS) is 11.9. The molecule has 1 aliphatic heterocycles. The van der Waals surface area contributed by atoms with Crippen LogP contribution in [0.15, 0.2) is 23.1 Å². The average molecular weight is 493 g/mol. The summed E-state index contributed by atoms with van der Waals surface area (Å²) in [7, 11) is 0. The molecule has 188 valence electrons. The first kappa shape index (κ1) is 29.0. The standard InChI is InChI=1S/C18H16F3N3O4.C4H8O.C2H2/c1-2-23-3-4-24-8-11(15(25)16(26)14(24)18(23)28)17(27)22-7-10-12(20)5-9(19)6-13(10)21;1-3-4(2)5;1-2/h5-6,8,26H,2-4,7H2,1H3,(H,22,27);3H2,1-2H3;1-2H. The maximum Gasteiger partial charge on any atom is 0.274 e. The first-order chi connectivity index (χ1) is 16.5. The molecule has 0 radical (unpaired) electrons. The first-order valence-electron chi connectivity index (χ1n) is 10.5. The monoisotopic (exact) mass is 493 g/mol. The summed E-state index contributed by atoms with van der Waals surface area (Å²) in [5.74, 6) is -5.62. The number of benzene rings is 1. The van der Waals surface area contributed by atoms with E-state index in [0.717, 1.165) is 6.20 Å². The Morgan fingerprint density at radius 2 is 1.63 bits per heavy atom. The Morgan fingerprint density at radius 3 is 2.11 bits per heavy atom.